The number of rotatable bonds is 3. The van der Waals surface area contributed by atoms with E-state index in [-0.39, 0.29) is 5.57 Å². The Morgan fingerprint density at radius 1 is 0.839 bits per heavy atom. The monoisotopic (exact) mass is 417 g/mol. The van der Waals surface area contributed by atoms with E-state index in [1.54, 1.807) is 18.2 Å². The maximum Gasteiger partial charge on any atom is 0.335 e. The molecule has 4 amide bonds. The molecule has 0 radical (unpaired) electrons. The fourth-order valence-corrected chi connectivity index (χ4v) is 4.30. The highest BCUT2D eigenvalue weighted by Gasteiger charge is 2.37. The molecule has 2 saturated heterocycles. The van der Waals surface area contributed by atoms with Crippen molar-refractivity contribution in [3.63, 3.8) is 0 Å². The Morgan fingerprint density at radius 2 is 1.52 bits per heavy atom. The quantitative estimate of drug-likeness (QED) is 0.598. The van der Waals surface area contributed by atoms with Crippen LogP contribution in [0.2, 0.25) is 0 Å². The second kappa shape index (κ2) is 8.38. The molecule has 160 valence electrons. The number of amides is 4. The Kier molecular flexibility index (Phi) is 5.63. The molecule has 0 saturated carbocycles. The minimum atomic E-state index is -0.727. The summed E-state index contributed by atoms with van der Waals surface area (Å²) in [5, 5.41) is 2.30. The largest absolute Gasteiger partial charge is 0.372 e. The van der Waals surface area contributed by atoms with Crippen molar-refractivity contribution in [1.82, 2.24) is 5.32 Å². The van der Waals surface area contributed by atoms with Crippen LogP contribution in [0.4, 0.5) is 16.2 Å². The summed E-state index contributed by atoms with van der Waals surface area (Å²) in [6, 6.07) is 10.8. The smallest absolute Gasteiger partial charge is 0.335 e. The van der Waals surface area contributed by atoms with E-state index >= 15 is 0 Å². The highest BCUT2D eigenvalue weighted by Crippen LogP contribution is 2.27. The number of hydrogen-bond donors (Lipinski definition) is 1. The van der Waals surface area contributed by atoms with Crippen LogP contribution in [0.25, 0.3) is 6.08 Å². The second-order valence-corrected chi connectivity index (χ2v) is 8.39. The van der Waals surface area contributed by atoms with E-state index in [1.807, 2.05) is 39.0 Å². The van der Waals surface area contributed by atoms with Gasteiger partial charge >= 0.3 is 6.03 Å². The van der Waals surface area contributed by atoms with Crippen molar-refractivity contribution >= 4 is 35.3 Å². The summed E-state index contributed by atoms with van der Waals surface area (Å²) in [4.78, 5) is 41.5. The first-order chi connectivity index (χ1) is 14.8. The lowest BCUT2D eigenvalue weighted by atomic mass is 10.0. The maximum atomic E-state index is 13.2. The lowest BCUT2D eigenvalue weighted by molar-refractivity contribution is -0.122. The molecular formula is C25H27N3O3. The molecule has 0 unspecified atom stereocenters. The summed E-state index contributed by atoms with van der Waals surface area (Å²) in [5.74, 6) is -1.28. The van der Waals surface area contributed by atoms with Crippen LogP contribution < -0.4 is 15.1 Å². The highest BCUT2D eigenvalue weighted by atomic mass is 16.2. The topological polar surface area (TPSA) is 69.7 Å². The molecule has 0 aromatic heterocycles. The van der Waals surface area contributed by atoms with Gasteiger partial charge in [-0.25, -0.2) is 9.69 Å². The Labute approximate surface area is 182 Å². The number of carbonyl (C=O) groups is 3. The molecule has 0 atom stereocenters. The van der Waals surface area contributed by atoms with Gasteiger partial charge in [0, 0.05) is 18.8 Å². The van der Waals surface area contributed by atoms with Gasteiger partial charge < -0.3 is 4.90 Å². The van der Waals surface area contributed by atoms with E-state index in [2.05, 4.69) is 16.3 Å². The van der Waals surface area contributed by atoms with E-state index in [0.29, 0.717) is 5.69 Å². The molecule has 31 heavy (non-hydrogen) atoms. The predicted molar refractivity (Wildman–Crippen MR) is 122 cm³/mol. The number of anilines is 2. The van der Waals surface area contributed by atoms with Crippen LogP contribution in [-0.4, -0.2) is 30.9 Å². The number of benzene rings is 2. The average molecular weight is 418 g/mol. The van der Waals surface area contributed by atoms with Crippen LogP contribution in [-0.2, 0) is 9.59 Å². The molecule has 0 spiro atoms. The van der Waals surface area contributed by atoms with Gasteiger partial charge in [-0.3, -0.25) is 14.9 Å². The fraction of sp³-hybridized carbons (Fsp3) is 0.320. The number of imide groups is 2. The zero-order valence-corrected chi connectivity index (χ0v) is 18.2. The van der Waals surface area contributed by atoms with E-state index in [0.717, 1.165) is 45.9 Å². The van der Waals surface area contributed by atoms with Gasteiger partial charge in [-0.05, 0) is 92.6 Å². The number of aryl methyl sites for hydroxylation is 3. The molecule has 2 aromatic rings. The predicted octanol–water partition coefficient (Wildman–Crippen LogP) is 4.27. The van der Waals surface area contributed by atoms with E-state index in [4.69, 9.17) is 0 Å². The molecule has 2 fully saturated rings. The number of hydrogen-bond acceptors (Lipinski definition) is 4. The molecule has 4 rings (SSSR count). The highest BCUT2D eigenvalue weighted by molar-refractivity contribution is 6.39. The maximum absolute atomic E-state index is 13.2. The van der Waals surface area contributed by atoms with Crippen molar-refractivity contribution in [1.29, 1.82) is 0 Å². The van der Waals surface area contributed by atoms with Gasteiger partial charge in [0.2, 0.25) is 0 Å². The molecule has 2 aliphatic rings. The standard InChI is InChI=1S/C25H27N3O3/c1-16-11-17(2)13-21(12-16)28-24(30)22(23(29)26-25(28)31)15-19-7-8-20(14-18(19)3)27-9-5-4-6-10-27/h7-8,11-15H,4-6,9-10H2,1-3H3,(H,26,29,31)/b22-15+. The van der Waals surface area contributed by atoms with Crippen LogP contribution >= 0.6 is 0 Å². The van der Waals surface area contributed by atoms with E-state index in [1.165, 1.54) is 19.3 Å². The lowest BCUT2D eigenvalue weighted by Gasteiger charge is -2.29. The second-order valence-electron chi connectivity index (χ2n) is 8.39. The van der Waals surface area contributed by atoms with Crippen molar-refractivity contribution in [3.05, 3.63) is 64.2 Å². The first kappa shape index (κ1) is 20.8. The molecule has 1 N–H and O–H groups in total. The van der Waals surface area contributed by atoms with Crippen LogP contribution in [0.3, 0.4) is 0 Å². The minimum Gasteiger partial charge on any atom is -0.372 e. The molecule has 0 aliphatic carbocycles. The molecule has 6 nitrogen and oxygen atoms in total. The Balaban J connectivity index is 1.67. The molecule has 0 bridgehead atoms. The molecule has 2 aromatic carbocycles. The van der Waals surface area contributed by atoms with E-state index < -0.39 is 17.8 Å². The number of nitrogens with zero attached hydrogens (tertiary/aromatic N) is 2. The Morgan fingerprint density at radius 3 is 2.16 bits per heavy atom. The summed E-state index contributed by atoms with van der Waals surface area (Å²) in [6.45, 7) is 7.87. The van der Waals surface area contributed by atoms with E-state index in [9.17, 15) is 14.4 Å². The van der Waals surface area contributed by atoms with Gasteiger partial charge in [-0.2, -0.15) is 0 Å². The zero-order chi connectivity index (χ0) is 22.1. The van der Waals surface area contributed by atoms with Gasteiger partial charge in [0.15, 0.2) is 0 Å². The summed E-state index contributed by atoms with van der Waals surface area (Å²) >= 11 is 0. The number of nitrogens with one attached hydrogen (secondary N) is 1. The van der Waals surface area contributed by atoms with Crippen molar-refractivity contribution in [2.45, 2.75) is 40.0 Å². The van der Waals surface area contributed by atoms with Crippen LogP contribution in [0, 0.1) is 20.8 Å². The summed E-state index contributed by atoms with van der Waals surface area (Å²) in [5.41, 5.74) is 5.19. The van der Waals surface area contributed by atoms with Crippen LogP contribution in [0.5, 0.6) is 0 Å². The first-order valence-electron chi connectivity index (χ1n) is 10.7. The minimum absolute atomic E-state index is 0.0485. The van der Waals surface area contributed by atoms with Crippen molar-refractivity contribution in [3.8, 4) is 0 Å². The molecule has 6 heteroatoms. The number of barbiturate groups is 1. The van der Waals surface area contributed by atoms with Gasteiger partial charge in [-0.1, -0.05) is 12.1 Å². The van der Waals surface area contributed by atoms with Crippen LogP contribution in [0.15, 0.2) is 42.0 Å². The average Bonchev–Trinajstić information content (AvgIpc) is 2.72. The number of carbonyl (C=O) groups excluding carboxylic acids is 3. The normalized spacial score (nSPS) is 18.5. The van der Waals surface area contributed by atoms with Crippen molar-refractivity contribution < 1.29 is 14.4 Å². The Hall–Kier alpha value is -3.41. The first-order valence-corrected chi connectivity index (χ1v) is 10.7. The SMILES string of the molecule is Cc1cc(C)cc(N2C(=O)NC(=O)/C(=C\c3ccc(N4CCCCC4)cc3C)C2=O)c1. The van der Waals surface area contributed by atoms with Crippen molar-refractivity contribution in [2.75, 3.05) is 22.9 Å². The third-order valence-corrected chi connectivity index (χ3v) is 5.84. The van der Waals surface area contributed by atoms with Gasteiger partial charge in [0.05, 0.1) is 5.69 Å². The van der Waals surface area contributed by atoms with Gasteiger partial charge in [0.25, 0.3) is 11.8 Å². The van der Waals surface area contributed by atoms with Gasteiger partial charge in [0.1, 0.15) is 5.57 Å². The summed E-state index contributed by atoms with van der Waals surface area (Å²) < 4.78 is 0. The Bertz CT molecular complexity index is 1080. The third-order valence-electron chi connectivity index (χ3n) is 5.84. The zero-order valence-electron chi connectivity index (χ0n) is 18.2. The number of urea groups is 1. The number of piperidine rings is 1. The molecular weight excluding hydrogens is 390 g/mol. The fourth-order valence-electron chi connectivity index (χ4n) is 4.30. The lowest BCUT2D eigenvalue weighted by Crippen LogP contribution is -2.54. The molecule has 2 aliphatic heterocycles. The van der Waals surface area contributed by atoms with Crippen molar-refractivity contribution in [2.24, 2.45) is 0 Å². The van der Waals surface area contributed by atoms with Gasteiger partial charge in [-0.15, -0.1) is 0 Å². The summed E-state index contributed by atoms with van der Waals surface area (Å²) in [7, 11) is 0. The molecule has 2 heterocycles. The third kappa shape index (κ3) is 4.24. The summed E-state index contributed by atoms with van der Waals surface area (Å²) in [6.07, 6.45) is 5.24. The van der Waals surface area contributed by atoms with Crippen LogP contribution in [0.1, 0.15) is 41.5 Å².